The predicted octanol–water partition coefficient (Wildman–Crippen LogP) is 6.15. The molecule has 2 amide bonds. The first-order chi connectivity index (χ1) is 14.8. The number of hydrogen-bond donors (Lipinski definition) is 2. The average Bonchev–Trinajstić information content (AvgIpc) is 2.75. The van der Waals surface area contributed by atoms with Crippen molar-refractivity contribution in [3.63, 3.8) is 0 Å². The Morgan fingerprint density at radius 2 is 1.71 bits per heavy atom. The number of benzene rings is 3. The van der Waals surface area contributed by atoms with Crippen LogP contribution < -0.4 is 15.4 Å². The van der Waals surface area contributed by atoms with Crippen molar-refractivity contribution in [1.29, 1.82) is 0 Å². The van der Waals surface area contributed by atoms with E-state index >= 15 is 0 Å². The Labute approximate surface area is 191 Å². The van der Waals surface area contributed by atoms with Crippen molar-refractivity contribution in [1.82, 2.24) is 0 Å². The van der Waals surface area contributed by atoms with Gasteiger partial charge >= 0.3 is 0 Å². The quantitative estimate of drug-likeness (QED) is 0.425. The second kappa shape index (κ2) is 10.3. The lowest BCUT2D eigenvalue weighted by atomic mass is 10.0. The van der Waals surface area contributed by atoms with E-state index in [2.05, 4.69) is 40.4 Å². The van der Waals surface area contributed by atoms with E-state index in [0.717, 1.165) is 15.6 Å². The zero-order valence-corrected chi connectivity index (χ0v) is 19.3. The number of halogens is 1. The van der Waals surface area contributed by atoms with Gasteiger partial charge in [-0.3, -0.25) is 9.59 Å². The highest BCUT2D eigenvalue weighted by Crippen LogP contribution is 2.29. The Morgan fingerprint density at radius 1 is 0.968 bits per heavy atom. The van der Waals surface area contributed by atoms with E-state index in [9.17, 15) is 9.59 Å². The van der Waals surface area contributed by atoms with Crippen LogP contribution >= 0.6 is 15.9 Å². The van der Waals surface area contributed by atoms with E-state index in [4.69, 9.17) is 4.74 Å². The lowest BCUT2D eigenvalue weighted by Crippen LogP contribution is -2.21. The Balaban J connectivity index is 1.60. The first-order valence-corrected chi connectivity index (χ1v) is 10.8. The Morgan fingerprint density at radius 3 is 2.39 bits per heavy atom. The van der Waals surface area contributed by atoms with Gasteiger partial charge in [-0.15, -0.1) is 0 Å². The van der Waals surface area contributed by atoms with E-state index in [1.54, 1.807) is 24.3 Å². The number of ether oxygens (including phenoxy) is 1. The van der Waals surface area contributed by atoms with Crippen molar-refractivity contribution >= 4 is 39.1 Å². The molecule has 0 unspecified atom stereocenters. The highest BCUT2D eigenvalue weighted by molar-refractivity contribution is 9.10. The molecule has 5 nitrogen and oxygen atoms in total. The molecular weight excluding hydrogens is 456 g/mol. The standard InChI is InChI=1S/C25H25BrN2O3/c1-16(2)21-14-19(26)9-12-23(21)31-15-24(29)27-20-10-11-22(17(3)13-20)28-25(30)18-7-5-4-6-8-18/h4-14,16H,15H2,1-3H3,(H,27,29)(H,28,30). The molecule has 0 fully saturated rings. The fraction of sp³-hybridized carbons (Fsp3) is 0.200. The summed E-state index contributed by atoms with van der Waals surface area (Å²) >= 11 is 3.47. The lowest BCUT2D eigenvalue weighted by molar-refractivity contribution is -0.118. The normalized spacial score (nSPS) is 10.6. The second-order valence-electron chi connectivity index (χ2n) is 7.52. The fourth-order valence-electron chi connectivity index (χ4n) is 3.11. The summed E-state index contributed by atoms with van der Waals surface area (Å²) in [6.07, 6.45) is 0. The van der Waals surface area contributed by atoms with Gasteiger partial charge in [0, 0.05) is 21.4 Å². The molecule has 0 heterocycles. The van der Waals surface area contributed by atoms with Crippen LogP contribution in [0.25, 0.3) is 0 Å². The molecule has 0 spiro atoms. The van der Waals surface area contributed by atoms with Gasteiger partial charge in [-0.1, -0.05) is 48.0 Å². The summed E-state index contributed by atoms with van der Waals surface area (Å²) in [5, 5.41) is 5.73. The number of nitrogens with one attached hydrogen (secondary N) is 2. The number of carbonyl (C=O) groups excluding carboxylic acids is 2. The SMILES string of the molecule is Cc1cc(NC(=O)COc2ccc(Br)cc2C(C)C)ccc1NC(=O)c1ccccc1. The first kappa shape index (κ1) is 22.6. The summed E-state index contributed by atoms with van der Waals surface area (Å²) in [4.78, 5) is 24.7. The van der Waals surface area contributed by atoms with Crippen molar-refractivity contribution in [2.24, 2.45) is 0 Å². The number of aryl methyl sites for hydroxylation is 1. The summed E-state index contributed by atoms with van der Waals surface area (Å²) in [5.74, 6) is 0.544. The van der Waals surface area contributed by atoms with Gasteiger partial charge in [0.1, 0.15) is 5.75 Å². The molecule has 3 rings (SSSR count). The van der Waals surface area contributed by atoms with Gasteiger partial charge in [0.05, 0.1) is 0 Å². The molecule has 0 saturated carbocycles. The maximum atomic E-state index is 12.4. The highest BCUT2D eigenvalue weighted by Gasteiger charge is 2.12. The molecule has 0 aliphatic rings. The monoisotopic (exact) mass is 480 g/mol. The van der Waals surface area contributed by atoms with Gasteiger partial charge < -0.3 is 15.4 Å². The molecule has 6 heteroatoms. The molecule has 0 aromatic heterocycles. The zero-order valence-electron chi connectivity index (χ0n) is 17.7. The van der Waals surface area contributed by atoms with E-state index in [0.29, 0.717) is 22.7 Å². The maximum Gasteiger partial charge on any atom is 0.262 e. The molecule has 0 bridgehead atoms. The van der Waals surface area contributed by atoms with Crippen LogP contribution in [0.4, 0.5) is 11.4 Å². The maximum absolute atomic E-state index is 12.4. The molecule has 3 aromatic carbocycles. The van der Waals surface area contributed by atoms with E-state index in [1.807, 2.05) is 49.4 Å². The minimum absolute atomic E-state index is 0.0904. The second-order valence-corrected chi connectivity index (χ2v) is 8.44. The van der Waals surface area contributed by atoms with Crippen molar-refractivity contribution in [3.8, 4) is 5.75 Å². The molecule has 3 aromatic rings. The number of carbonyl (C=O) groups is 2. The minimum atomic E-state index is -0.252. The summed E-state index contributed by atoms with van der Waals surface area (Å²) < 4.78 is 6.73. The van der Waals surface area contributed by atoms with Gasteiger partial charge in [0.15, 0.2) is 6.61 Å². The summed E-state index contributed by atoms with van der Waals surface area (Å²) in [6, 6.07) is 20.1. The van der Waals surface area contributed by atoms with Gasteiger partial charge in [0.25, 0.3) is 11.8 Å². The zero-order chi connectivity index (χ0) is 22.4. The van der Waals surface area contributed by atoms with Gasteiger partial charge in [-0.05, 0) is 72.5 Å². The molecule has 0 atom stereocenters. The molecule has 0 aliphatic heterocycles. The van der Waals surface area contributed by atoms with Crippen molar-refractivity contribution < 1.29 is 14.3 Å². The largest absolute Gasteiger partial charge is 0.483 e. The number of hydrogen-bond acceptors (Lipinski definition) is 3. The third-order valence-corrected chi connectivity index (χ3v) is 5.24. The number of rotatable bonds is 7. The van der Waals surface area contributed by atoms with E-state index in [-0.39, 0.29) is 24.3 Å². The minimum Gasteiger partial charge on any atom is -0.483 e. The smallest absolute Gasteiger partial charge is 0.262 e. The molecule has 31 heavy (non-hydrogen) atoms. The number of amides is 2. The number of anilines is 2. The lowest BCUT2D eigenvalue weighted by Gasteiger charge is -2.15. The van der Waals surface area contributed by atoms with Gasteiger partial charge in [-0.2, -0.15) is 0 Å². The fourth-order valence-corrected chi connectivity index (χ4v) is 3.49. The predicted molar refractivity (Wildman–Crippen MR) is 128 cm³/mol. The summed E-state index contributed by atoms with van der Waals surface area (Å²) in [7, 11) is 0. The van der Waals surface area contributed by atoms with Crippen LogP contribution in [0.1, 0.15) is 41.3 Å². The first-order valence-electron chi connectivity index (χ1n) is 10.0. The third kappa shape index (κ3) is 6.18. The van der Waals surface area contributed by atoms with Crippen LogP contribution in [-0.2, 0) is 4.79 Å². The molecule has 0 saturated heterocycles. The Kier molecular flexibility index (Phi) is 7.47. The van der Waals surface area contributed by atoms with Gasteiger partial charge in [-0.25, -0.2) is 0 Å². The summed E-state index contributed by atoms with van der Waals surface area (Å²) in [5.41, 5.74) is 3.81. The van der Waals surface area contributed by atoms with Crippen LogP contribution in [0.15, 0.2) is 71.2 Å². The van der Waals surface area contributed by atoms with E-state index < -0.39 is 0 Å². The van der Waals surface area contributed by atoms with Crippen molar-refractivity contribution in [2.45, 2.75) is 26.7 Å². The van der Waals surface area contributed by atoms with Crippen LogP contribution in [-0.4, -0.2) is 18.4 Å². The molecular formula is C25H25BrN2O3. The Bertz CT molecular complexity index is 1080. The third-order valence-electron chi connectivity index (χ3n) is 4.75. The molecule has 0 radical (unpaired) electrons. The summed E-state index contributed by atoms with van der Waals surface area (Å²) in [6.45, 7) is 5.95. The topological polar surface area (TPSA) is 67.4 Å². The van der Waals surface area contributed by atoms with Crippen molar-refractivity contribution in [3.05, 3.63) is 87.9 Å². The van der Waals surface area contributed by atoms with Crippen molar-refractivity contribution in [2.75, 3.05) is 17.2 Å². The molecule has 160 valence electrons. The molecule has 2 N–H and O–H groups in total. The molecule has 0 aliphatic carbocycles. The average molecular weight is 481 g/mol. The van der Waals surface area contributed by atoms with E-state index in [1.165, 1.54) is 0 Å². The van der Waals surface area contributed by atoms with Crippen LogP contribution in [0, 0.1) is 6.92 Å². The van der Waals surface area contributed by atoms with Crippen LogP contribution in [0.3, 0.4) is 0 Å². The van der Waals surface area contributed by atoms with Gasteiger partial charge in [0.2, 0.25) is 0 Å². The Hall–Kier alpha value is -3.12. The highest BCUT2D eigenvalue weighted by atomic mass is 79.9. The van der Waals surface area contributed by atoms with Crippen LogP contribution in [0.2, 0.25) is 0 Å². The van der Waals surface area contributed by atoms with Crippen LogP contribution in [0.5, 0.6) is 5.75 Å².